The van der Waals surface area contributed by atoms with Crippen LogP contribution in [0.5, 0.6) is 5.75 Å². The molecule has 0 saturated carbocycles. The van der Waals surface area contributed by atoms with E-state index in [2.05, 4.69) is 0 Å². The molecule has 0 aliphatic carbocycles. The van der Waals surface area contributed by atoms with Gasteiger partial charge < -0.3 is 5.11 Å². The molecule has 0 aliphatic heterocycles. The predicted molar refractivity (Wildman–Crippen MR) is 79.1 cm³/mol. The molecule has 6 heteroatoms. The standard InChI is InChI=1S/C15H14N2O3S/c1-17(2)21(19,20)14-5-3-4-11(9-14)12-6-7-15(18)13(8-12)10-16/h3-9,18H,1-2H3. The van der Waals surface area contributed by atoms with Gasteiger partial charge in [0.25, 0.3) is 0 Å². The fourth-order valence-electron chi connectivity index (χ4n) is 1.85. The summed E-state index contributed by atoms with van der Waals surface area (Å²) < 4.78 is 25.4. The number of nitriles is 1. The summed E-state index contributed by atoms with van der Waals surface area (Å²) in [6.45, 7) is 0. The lowest BCUT2D eigenvalue weighted by Gasteiger charge is -2.12. The predicted octanol–water partition coefficient (Wildman–Crippen LogP) is 2.18. The van der Waals surface area contributed by atoms with E-state index in [-0.39, 0.29) is 16.2 Å². The molecule has 0 spiro atoms. The van der Waals surface area contributed by atoms with Crippen molar-refractivity contribution >= 4 is 10.0 Å². The zero-order valence-electron chi connectivity index (χ0n) is 11.6. The van der Waals surface area contributed by atoms with E-state index >= 15 is 0 Å². The van der Waals surface area contributed by atoms with Gasteiger partial charge in [0.1, 0.15) is 11.8 Å². The van der Waals surface area contributed by atoms with Gasteiger partial charge in [0, 0.05) is 14.1 Å². The van der Waals surface area contributed by atoms with E-state index < -0.39 is 10.0 Å². The van der Waals surface area contributed by atoms with E-state index in [1.165, 1.54) is 32.3 Å². The summed E-state index contributed by atoms with van der Waals surface area (Å²) in [5, 5.41) is 18.4. The fraction of sp³-hybridized carbons (Fsp3) is 0.133. The molecule has 0 atom stereocenters. The van der Waals surface area contributed by atoms with Crippen molar-refractivity contribution in [2.75, 3.05) is 14.1 Å². The highest BCUT2D eigenvalue weighted by molar-refractivity contribution is 7.89. The molecule has 0 radical (unpaired) electrons. The number of aromatic hydroxyl groups is 1. The molecule has 21 heavy (non-hydrogen) atoms. The van der Waals surface area contributed by atoms with Crippen LogP contribution in [0.1, 0.15) is 5.56 Å². The Balaban J connectivity index is 2.55. The molecular formula is C15H14N2O3S. The number of sulfonamides is 1. The van der Waals surface area contributed by atoms with Gasteiger partial charge in [-0.2, -0.15) is 5.26 Å². The maximum absolute atomic E-state index is 12.1. The van der Waals surface area contributed by atoms with Crippen molar-refractivity contribution in [2.45, 2.75) is 4.90 Å². The van der Waals surface area contributed by atoms with E-state index in [9.17, 15) is 13.5 Å². The van der Waals surface area contributed by atoms with Crippen molar-refractivity contribution in [3.05, 3.63) is 48.0 Å². The van der Waals surface area contributed by atoms with Crippen LogP contribution in [0.15, 0.2) is 47.4 Å². The number of benzene rings is 2. The van der Waals surface area contributed by atoms with Crippen LogP contribution in [0.2, 0.25) is 0 Å². The summed E-state index contributed by atoms with van der Waals surface area (Å²) >= 11 is 0. The number of phenols is 1. The first-order chi connectivity index (χ1) is 9.86. The van der Waals surface area contributed by atoms with Crippen LogP contribution in [0, 0.1) is 11.3 Å². The first kappa shape index (κ1) is 15.0. The summed E-state index contributed by atoms with van der Waals surface area (Å²) in [5.74, 6) is -0.0988. The number of hydrogen-bond donors (Lipinski definition) is 1. The Bertz CT molecular complexity index is 821. The van der Waals surface area contributed by atoms with Crippen LogP contribution in [0.3, 0.4) is 0 Å². The number of nitrogens with zero attached hydrogens (tertiary/aromatic N) is 2. The van der Waals surface area contributed by atoms with Crippen molar-refractivity contribution in [1.29, 1.82) is 5.26 Å². The molecule has 0 saturated heterocycles. The van der Waals surface area contributed by atoms with Crippen LogP contribution in [0.25, 0.3) is 11.1 Å². The second-order valence-corrected chi connectivity index (χ2v) is 6.81. The first-order valence-electron chi connectivity index (χ1n) is 6.12. The summed E-state index contributed by atoms with van der Waals surface area (Å²) in [6, 6.07) is 12.9. The average Bonchev–Trinajstić information content (AvgIpc) is 2.47. The lowest BCUT2D eigenvalue weighted by atomic mass is 10.0. The maximum atomic E-state index is 12.1. The first-order valence-corrected chi connectivity index (χ1v) is 7.56. The van der Waals surface area contributed by atoms with E-state index in [0.29, 0.717) is 11.1 Å². The monoisotopic (exact) mass is 302 g/mol. The molecule has 2 rings (SSSR count). The molecule has 0 amide bonds. The normalized spacial score (nSPS) is 11.3. The van der Waals surface area contributed by atoms with Gasteiger partial charge in [0.05, 0.1) is 10.5 Å². The van der Waals surface area contributed by atoms with Crippen molar-refractivity contribution in [3.63, 3.8) is 0 Å². The van der Waals surface area contributed by atoms with Gasteiger partial charge in [0.15, 0.2) is 0 Å². The van der Waals surface area contributed by atoms with Gasteiger partial charge in [-0.05, 0) is 35.4 Å². The minimum absolute atomic E-state index is 0.0988. The molecule has 1 N–H and O–H groups in total. The summed E-state index contributed by atoms with van der Waals surface area (Å²) in [5.41, 5.74) is 1.47. The van der Waals surface area contributed by atoms with Crippen LogP contribution >= 0.6 is 0 Å². The second-order valence-electron chi connectivity index (χ2n) is 4.66. The molecule has 0 fully saturated rings. The highest BCUT2D eigenvalue weighted by Crippen LogP contribution is 2.27. The molecule has 0 aromatic heterocycles. The third-order valence-electron chi connectivity index (χ3n) is 3.06. The minimum atomic E-state index is -3.51. The molecule has 5 nitrogen and oxygen atoms in total. The zero-order chi connectivity index (χ0) is 15.6. The van der Waals surface area contributed by atoms with Gasteiger partial charge >= 0.3 is 0 Å². The number of rotatable bonds is 3. The molecule has 108 valence electrons. The quantitative estimate of drug-likeness (QED) is 0.942. The fourth-order valence-corrected chi connectivity index (χ4v) is 2.80. The van der Waals surface area contributed by atoms with E-state index in [1.54, 1.807) is 24.3 Å². The van der Waals surface area contributed by atoms with E-state index in [1.807, 2.05) is 6.07 Å². The molecule has 0 bridgehead atoms. The van der Waals surface area contributed by atoms with Crippen LogP contribution in [0.4, 0.5) is 0 Å². The molecule has 0 heterocycles. The SMILES string of the molecule is CN(C)S(=O)(=O)c1cccc(-c2ccc(O)c(C#N)c2)c1. The summed E-state index contributed by atoms with van der Waals surface area (Å²) in [7, 11) is -0.575. The van der Waals surface area contributed by atoms with Gasteiger partial charge in [-0.15, -0.1) is 0 Å². The van der Waals surface area contributed by atoms with Crippen molar-refractivity contribution < 1.29 is 13.5 Å². The summed E-state index contributed by atoms with van der Waals surface area (Å²) in [4.78, 5) is 0.177. The van der Waals surface area contributed by atoms with Crippen LogP contribution < -0.4 is 0 Å². The second kappa shape index (κ2) is 5.56. The van der Waals surface area contributed by atoms with Crippen LogP contribution in [-0.2, 0) is 10.0 Å². The van der Waals surface area contributed by atoms with Gasteiger partial charge in [0.2, 0.25) is 10.0 Å². The van der Waals surface area contributed by atoms with E-state index in [0.717, 1.165) is 4.31 Å². The van der Waals surface area contributed by atoms with Gasteiger partial charge in [-0.3, -0.25) is 0 Å². The number of hydrogen-bond acceptors (Lipinski definition) is 4. The molecule has 2 aromatic rings. The smallest absolute Gasteiger partial charge is 0.242 e. The Kier molecular flexibility index (Phi) is 3.98. The van der Waals surface area contributed by atoms with Crippen molar-refractivity contribution in [1.82, 2.24) is 4.31 Å². The number of phenolic OH excluding ortho intramolecular Hbond substituents is 1. The summed E-state index contributed by atoms with van der Waals surface area (Å²) in [6.07, 6.45) is 0. The Morgan fingerprint density at radius 2 is 1.76 bits per heavy atom. The highest BCUT2D eigenvalue weighted by atomic mass is 32.2. The van der Waals surface area contributed by atoms with Gasteiger partial charge in [-0.1, -0.05) is 18.2 Å². The van der Waals surface area contributed by atoms with Crippen molar-refractivity contribution in [3.8, 4) is 22.9 Å². The highest BCUT2D eigenvalue weighted by Gasteiger charge is 2.17. The Hall–Kier alpha value is -2.36. The third-order valence-corrected chi connectivity index (χ3v) is 4.87. The minimum Gasteiger partial charge on any atom is -0.507 e. The molecular weight excluding hydrogens is 288 g/mol. The van der Waals surface area contributed by atoms with Crippen molar-refractivity contribution in [2.24, 2.45) is 0 Å². The molecule has 0 aliphatic rings. The maximum Gasteiger partial charge on any atom is 0.242 e. The average molecular weight is 302 g/mol. The zero-order valence-corrected chi connectivity index (χ0v) is 12.4. The van der Waals surface area contributed by atoms with Gasteiger partial charge in [-0.25, -0.2) is 12.7 Å². The third kappa shape index (κ3) is 2.89. The van der Waals surface area contributed by atoms with E-state index in [4.69, 9.17) is 5.26 Å². The molecule has 0 unspecified atom stereocenters. The van der Waals surface area contributed by atoms with Crippen LogP contribution in [-0.4, -0.2) is 31.9 Å². The Labute approximate surface area is 123 Å². The Morgan fingerprint density at radius 3 is 2.38 bits per heavy atom. The largest absolute Gasteiger partial charge is 0.507 e. The lowest BCUT2D eigenvalue weighted by molar-refractivity contribution is 0.473. The molecule has 2 aromatic carbocycles. The lowest BCUT2D eigenvalue weighted by Crippen LogP contribution is -2.22. The Morgan fingerprint density at radius 1 is 1.10 bits per heavy atom. The topological polar surface area (TPSA) is 81.4 Å².